The normalized spacial score (nSPS) is 21.0. The first kappa shape index (κ1) is 23.1. The number of hydrogen-bond acceptors (Lipinski definition) is 4. The largest absolute Gasteiger partial charge is 0.374 e. The Balaban J connectivity index is 1.43. The fourth-order valence-electron chi connectivity index (χ4n) is 4.41. The lowest BCUT2D eigenvalue weighted by Crippen LogP contribution is -2.34. The topological polar surface area (TPSA) is 45.5 Å². The van der Waals surface area contributed by atoms with Crippen LogP contribution >= 0.6 is 23.2 Å². The minimum atomic E-state index is -1.10. The predicted octanol–water partition coefficient (Wildman–Crippen LogP) is 6.51. The highest BCUT2D eigenvalue weighted by molar-refractivity contribution is 6.35. The molecule has 5 rings (SSSR count). The van der Waals surface area contributed by atoms with Gasteiger partial charge in [-0.3, -0.25) is 0 Å². The molecule has 174 valence electrons. The lowest BCUT2D eigenvalue weighted by Gasteiger charge is -2.31. The van der Waals surface area contributed by atoms with Crippen LogP contribution in [0, 0.1) is 0 Å². The Morgan fingerprint density at radius 3 is 2.50 bits per heavy atom. The van der Waals surface area contributed by atoms with Crippen LogP contribution in [-0.4, -0.2) is 29.4 Å². The Labute approximate surface area is 208 Å². The molecule has 1 aliphatic heterocycles. The third-order valence-corrected chi connectivity index (χ3v) is 6.60. The highest BCUT2D eigenvalue weighted by Crippen LogP contribution is 2.43. The molecule has 0 saturated carbocycles. The fourth-order valence-corrected chi connectivity index (χ4v) is 4.96. The quantitative estimate of drug-likeness (QED) is 0.293. The van der Waals surface area contributed by atoms with E-state index in [1.807, 2.05) is 35.0 Å². The van der Waals surface area contributed by atoms with E-state index in [0.717, 1.165) is 11.1 Å². The van der Waals surface area contributed by atoms with Gasteiger partial charge in [-0.05, 0) is 28.8 Å². The van der Waals surface area contributed by atoms with Gasteiger partial charge >= 0.3 is 0 Å². The van der Waals surface area contributed by atoms with Gasteiger partial charge in [-0.25, -0.2) is 4.98 Å². The third kappa shape index (κ3) is 4.63. The minimum absolute atomic E-state index is 0.319. The molecule has 3 aromatic carbocycles. The molecule has 0 amide bonds. The van der Waals surface area contributed by atoms with Gasteiger partial charge in [-0.2, -0.15) is 0 Å². The van der Waals surface area contributed by atoms with Crippen LogP contribution in [0.3, 0.4) is 0 Å². The van der Waals surface area contributed by atoms with Gasteiger partial charge in [0.15, 0.2) is 0 Å². The molecule has 1 saturated heterocycles. The summed E-state index contributed by atoms with van der Waals surface area (Å²) in [5, 5.41) is 1.03. The summed E-state index contributed by atoms with van der Waals surface area (Å²) in [7, 11) is 1.68. The second-order valence-corrected chi connectivity index (χ2v) is 9.07. The van der Waals surface area contributed by atoms with Crippen molar-refractivity contribution in [1.29, 1.82) is 0 Å². The molecular weight excluding hydrogens is 471 g/mol. The molecule has 7 heteroatoms. The van der Waals surface area contributed by atoms with E-state index >= 15 is 0 Å². The van der Waals surface area contributed by atoms with E-state index in [0.29, 0.717) is 28.8 Å². The maximum absolute atomic E-state index is 6.63. The summed E-state index contributed by atoms with van der Waals surface area (Å²) in [4.78, 5) is 4.15. The fraction of sp³-hybridized carbons (Fsp3) is 0.222. The van der Waals surface area contributed by atoms with E-state index in [4.69, 9.17) is 37.4 Å². The van der Waals surface area contributed by atoms with Crippen LogP contribution in [0.15, 0.2) is 91.5 Å². The number of rotatable bonds is 7. The molecule has 0 N–H and O–H groups in total. The molecule has 34 heavy (non-hydrogen) atoms. The number of aromatic nitrogens is 2. The highest BCUT2D eigenvalue weighted by atomic mass is 35.5. The maximum Gasteiger partial charge on any atom is 0.215 e. The summed E-state index contributed by atoms with van der Waals surface area (Å²) in [6.45, 7) is 0.723. The molecule has 1 aliphatic rings. The van der Waals surface area contributed by atoms with Crippen LogP contribution in [0.2, 0.25) is 10.0 Å². The zero-order chi connectivity index (χ0) is 23.5. The van der Waals surface area contributed by atoms with E-state index < -0.39 is 5.79 Å². The molecule has 0 radical (unpaired) electrons. The van der Waals surface area contributed by atoms with Crippen molar-refractivity contribution in [1.82, 2.24) is 9.55 Å². The number of ether oxygens (including phenoxy) is 3. The van der Waals surface area contributed by atoms with Crippen LogP contribution in [-0.2, 0) is 26.5 Å². The molecule has 1 unspecified atom stereocenters. The van der Waals surface area contributed by atoms with E-state index in [-0.39, 0.29) is 12.2 Å². The van der Waals surface area contributed by atoms with Crippen molar-refractivity contribution in [3.63, 3.8) is 0 Å². The smallest absolute Gasteiger partial charge is 0.215 e. The average Bonchev–Trinajstić information content (AvgIpc) is 3.52. The van der Waals surface area contributed by atoms with Gasteiger partial charge in [0.1, 0.15) is 12.2 Å². The van der Waals surface area contributed by atoms with Crippen molar-refractivity contribution in [3.8, 4) is 11.1 Å². The highest BCUT2D eigenvalue weighted by Gasteiger charge is 2.47. The van der Waals surface area contributed by atoms with Crippen LogP contribution in [0.1, 0.15) is 17.2 Å². The average molecular weight is 495 g/mol. The zero-order valence-electron chi connectivity index (χ0n) is 18.6. The zero-order valence-corrected chi connectivity index (χ0v) is 20.1. The molecule has 1 fully saturated rings. The molecule has 4 aromatic rings. The van der Waals surface area contributed by atoms with Gasteiger partial charge in [-0.15, -0.1) is 0 Å². The summed E-state index contributed by atoms with van der Waals surface area (Å²) in [6.07, 6.45) is 4.64. The van der Waals surface area contributed by atoms with E-state index in [1.54, 1.807) is 31.8 Å². The Kier molecular flexibility index (Phi) is 6.73. The lowest BCUT2D eigenvalue weighted by atomic mass is 9.99. The Bertz CT molecular complexity index is 1230. The minimum Gasteiger partial charge on any atom is -0.374 e. The van der Waals surface area contributed by atoms with Gasteiger partial charge in [0.2, 0.25) is 5.79 Å². The van der Waals surface area contributed by atoms with E-state index in [9.17, 15) is 0 Å². The number of benzene rings is 3. The molecule has 2 heterocycles. The van der Waals surface area contributed by atoms with Crippen molar-refractivity contribution >= 4 is 23.2 Å². The number of methoxy groups -OCH3 is 1. The molecule has 0 aliphatic carbocycles. The van der Waals surface area contributed by atoms with Crippen molar-refractivity contribution in [2.45, 2.75) is 24.5 Å². The number of imidazole rings is 1. The summed E-state index contributed by atoms with van der Waals surface area (Å²) >= 11 is 12.7. The molecule has 0 spiro atoms. The Hall–Kier alpha value is -2.67. The van der Waals surface area contributed by atoms with Crippen molar-refractivity contribution in [3.05, 3.63) is 113 Å². The number of nitrogens with zero attached hydrogens (tertiary/aromatic N) is 2. The standard InChI is InChI=1S/C27H24Cl2N2O3/c1-32-26(21-9-7-20(8-10-21)19-5-3-2-4-6-19)25-16-33-27(34-25,17-31-14-13-30-18-31)23-12-11-22(28)15-24(23)29/h2-15,18,25-26H,16-17H2,1H3/t25-,26?,27-/m1/s1. The Morgan fingerprint density at radius 1 is 1.06 bits per heavy atom. The van der Waals surface area contributed by atoms with Crippen LogP contribution in [0.5, 0.6) is 0 Å². The number of hydrogen-bond donors (Lipinski definition) is 0. The SMILES string of the molecule is COC(c1ccc(-c2ccccc2)cc1)[C@H]1CO[C@@](Cn2ccnc2)(c2ccc(Cl)cc2Cl)O1. The number of halogens is 2. The van der Waals surface area contributed by atoms with E-state index in [2.05, 4.69) is 41.4 Å². The first-order chi connectivity index (χ1) is 16.6. The lowest BCUT2D eigenvalue weighted by molar-refractivity contribution is -0.198. The first-order valence-corrected chi connectivity index (χ1v) is 11.7. The van der Waals surface area contributed by atoms with Gasteiger partial charge in [0.25, 0.3) is 0 Å². The molecular formula is C27H24Cl2N2O3. The van der Waals surface area contributed by atoms with Crippen molar-refractivity contribution in [2.75, 3.05) is 13.7 Å². The monoisotopic (exact) mass is 494 g/mol. The predicted molar refractivity (Wildman–Crippen MR) is 133 cm³/mol. The summed E-state index contributed by atoms with van der Waals surface area (Å²) in [5.41, 5.74) is 4.03. The van der Waals surface area contributed by atoms with Crippen LogP contribution in [0.25, 0.3) is 11.1 Å². The summed E-state index contributed by atoms with van der Waals surface area (Å²) < 4.78 is 20.8. The van der Waals surface area contributed by atoms with Gasteiger partial charge in [0.05, 0.1) is 24.5 Å². The first-order valence-electron chi connectivity index (χ1n) is 11.0. The van der Waals surface area contributed by atoms with Gasteiger partial charge in [0, 0.05) is 30.1 Å². The summed E-state index contributed by atoms with van der Waals surface area (Å²) in [5.74, 6) is -1.10. The van der Waals surface area contributed by atoms with Crippen LogP contribution < -0.4 is 0 Å². The Morgan fingerprint density at radius 2 is 1.82 bits per heavy atom. The van der Waals surface area contributed by atoms with Gasteiger partial charge in [-0.1, -0.05) is 83.9 Å². The van der Waals surface area contributed by atoms with Crippen molar-refractivity contribution in [2.24, 2.45) is 0 Å². The van der Waals surface area contributed by atoms with Crippen molar-refractivity contribution < 1.29 is 14.2 Å². The van der Waals surface area contributed by atoms with Crippen LogP contribution in [0.4, 0.5) is 0 Å². The molecule has 1 aromatic heterocycles. The summed E-state index contributed by atoms with van der Waals surface area (Å²) in [6, 6.07) is 23.9. The third-order valence-electron chi connectivity index (χ3n) is 6.05. The molecule has 0 bridgehead atoms. The van der Waals surface area contributed by atoms with Gasteiger partial charge < -0.3 is 18.8 Å². The second kappa shape index (κ2) is 9.90. The second-order valence-electron chi connectivity index (χ2n) is 8.22. The molecule has 3 atom stereocenters. The molecule has 5 nitrogen and oxygen atoms in total. The van der Waals surface area contributed by atoms with E-state index in [1.165, 1.54) is 5.56 Å². The maximum atomic E-state index is 6.63.